The van der Waals surface area contributed by atoms with E-state index in [1.54, 1.807) is 6.20 Å². The van der Waals surface area contributed by atoms with Crippen LogP contribution in [-0.4, -0.2) is 43.9 Å². The topological polar surface area (TPSA) is 66.8 Å². The van der Waals surface area contributed by atoms with Crippen LogP contribution in [0.25, 0.3) is 0 Å². The van der Waals surface area contributed by atoms with Crippen LogP contribution in [0.5, 0.6) is 0 Å². The van der Waals surface area contributed by atoms with Crippen LogP contribution in [0, 0.1) is 13.8 Å². The van der Waals surface area contributed by atoms with Crippen LogP contribution in [0.4, 0.5) is 0 Å². The molecule has 1 aliphatic heterocycles. The molecule has 6 nitrogen and oxygen atoms in total. The Balaban J connectivity index is 1.70. The van der Waals surface area contributed by atoms with Gasteiger partial charge in [-0.15, -0.1) is 0 Å². The Morgan fingerprint density at radius 3 is 2.78 bits per heavy atom. The normalized spacial score (nSPS) is 15.8. The molecule has 0 unspecified atom stereocenters. The minimum Gasteiger partial charge on any atom is -0.334 e. The van der Waals surface area contributed by atoms with Crippen molar-refractivity contribution in [2.75, 3.05) is 13.1 Å². The summed E-state index contributed by atoms with van der Waals surface area (Å²) >= 11 is 0. The molecule has 0 radical (unpaired) electrons. The summed E-state index contributed by atoms with van der Waals surface area (Å²) in [5.41, 5.74) is 2.30. The third kappa shape index (κ3) is 1.61. The Hall–Kier alpha value is -2.11. The number of amides is 1. The number of rotatable bonds is 2. The molecule has 2 aromatic rings. The van der Waals surface area contributed by atoms with Crippen LogP contribution >= 0.6 is 0 Å². The first-order valence-corrected chi connectivity index (χ1v) is 5.97. The second-order valence-corrected chi connectivity index (χ2v) is 4.66. The zero-order chi connectivity index (χ0) is 12.7. The molecule has 1 saturated heterocycles. The van der Waals surface area contributed by atoms with Crippen LogP contribution in [-0.2, 0) is 0 Å². The lowest BCUT2D eigenvalue weighted by atomic mass is 10.1. The predicted molar refractivity (Wildman–Crippen MR) is 65.2 cm³/mol. The van der Waals surface area contributed by atoms with Crippen LogP contribution in [0.3, 0.4) is 0 Å². The largest absolute Gasteiger partial charge is 0.334 e. The predicted octanol–water partition coefficient (Wildman–Crippen LogP) is 0.920. The van der Waals surface area contributed by atoms with Crippen molar-refractivity contribution in [3.8, 4) is 0 Å². The van der Waals surface area contributed by atoms with Gasteiger partial charge in [-0.1, -0.05) is 0 Å². The summed E-state index contributed by atoms with van der Waals surface area (Å²) in [6, 6.07) is 2.20. The fourth-order valence-electron chi connectivity index (χ4n) is 2.31. The smallest absolute Gasteiger partial charge is 0.257 e. The summed E-state index contributed by atoms with van der Waals surface area (Å²) in [7, 11) is 0. The molecule has 0 aromatic carbocycles. The monoisotopic (exact) mass is 245 g/mol. The van der Waals surface area contributed by atoms with E-state index >= 15 is 0 Å². The molecule has 1 N–H and O–H groups in total. The number of likely N-dealkylation sites (tertiary alicyclic amines) is 1. The van der Waals surface area contributed by atoms with Crippen molar-refractivity contribution in [1.82, 2.24) is 24.9 Å². The molecule has 0 spiro atoms. The number of nitrogens with one attached hydrogen (secondary N) is 1. The van der Waals surface area contributed by atoms with Crippen LogP contribution in [0.1, 0.15) is 27.8 Å². The number of hydrogen-bond donors (Lipinski definition) is 1. The fourth-order valence-corrected chi connectivity index (χ4v) is 2.31. The van der Waals surface area contributed by atoms with E-state index < -0.39 is 0 Å². The maximum atomic E-state index is 12.3. The first-order chi connectivity index (χ1) is 8.66. The molecule has 1 amide bonds. The second kappa shape index (κ2) is 3.97. The van der Waals surface area contributed by atoms with E-state index in [0.717, 1.165) is 11.4 Å². The SMILES string of the molecule is Cc1n[nH]c(C)c1C(=O)N1CC(n2cccn2)C1. The Kier molecular flexibility index (Phi) is 2.43. The van der Waals surface area contributed by atoms with Crippen molar-refractivity contribution >= 4 is 5.91 Å². The number of nitrogens with zero attached hydrogens (tertiary/aromatic N) is 4. The minimum absolute atomic E-state index is 0.0576. The van der Waals surface area contributed by atoms with Gasteiger partial charge in [0.25, 0.3) is 5.91 Å². The minimum atomic E-state index is 0.0576. The van der Waals surface area contributed by atoms with Crippen molar-refractivity contribution in [1.29, 1.82) is 0 Å². The van der Waals surface area contributed by atoms with Crippen molar-refractivity contribution in [3.63, 3.8) is 0 Å². The molecule has 0 aliphatic carbocycles. The molecule has 0 saturated carbocycles. The van der Waals surface area contributed by atoms with Gasteiger partial charge in [0.1, 0.15) is 0 Å². The number of hydrogen-bond acceptors (Lipinski definition) is 3. The third-order valence-electron chi connectivity index (χ3n) is 3.39. The zero-order valence-corrected chi connectivity index (χ0v) is 10.4. The number of aromatic amines is 1. The van der Waals surface area contributed by atoms with E-state index in [1.807, 2.05) is 35.7 Å². The number of aromatic nitrogens is 4. The molecule has 1 aliphatic rings. The van der Waals surface area contributed by atoms with Gasteiger partial charge in [-0.2, -0.15) is 10.2 Å². The highest BCUT2D eigenvalue weighted by Crippen LogP contribution is 2.24. The highest BCUT2D eigenvalue weighted by Gasteiger charge is 2.34. The van der Waals surface area contributed by atoms with Gasteiger partial charge in [0.15, 0.2) is 0 Å². The van der Waals surface area contributed by atoms with Gasteiger partial charge in [-0.3, -0.25) is 14.6 Å². The van der Waals surface area contributed by atoms with Gasteiger partial charge in [-0.05, 0) is 19.9 Å². The average molecular weight is 245 g/mol. The zero-order valence-electron chi connectivity index (χ0n) is 10.4. The number of carbonyl (C=O) groups excluding carboxylic acids is 1. The molecule has 6 heteroatoms. The second-order valence-electron chi connectivity index (χ2n) is 4.66. The standard InChI is InChI=1S/C12H15N5O/c1-8-11(9(2)15-14-8)12(18)16-6-10(7-16)17-5-3-4-13-17/h3-5,10H,6-7H2,1-2H3,(H,14,15). The van der Waals surface area contributed by atoms with E-state index in [-0.39, 0.29) is 5.91 Å². The molecule has 0 atom stereocenters. The summed E-state index contributed by atoms with van der Waals surface area (Å²) in [5.74, 6) is 0.0576. The van der Waals surface area contributed by atoms with Crippen LogP contribution in [0.15, 0.2) is 18.5 Å². The van der Waals surface area contributed by atoms with E-state index in [2.05, 4.69) is 15.3 Å². The number of carbonyl (C=O) groups is 1. The molecule has 1 fully saturated rings. The summed E-state index contributed by atoms with van der Waals surface area (Å²) in [6.45, 7) is 5.15. The van der Waals surface area contributed by atoms with Crippen molar-refractivity contribution in [2.24, 2.45) is 0 Å². The molecular weight excluding hydrogens is 230 g/mol. The summed E-state index contributed by atoms with van der Waals surface area (Å²) < 4.78 is 1.90. The van der Waals surface area contributed by atoms with Crippen LogP contribution < -0.4 is 0 Å². The van der Waals surface area contributed by atoms with Crippen molar-refractivity contribution < 1.29 is 4.79 Å². The Labute approximate surface area is 105 Å². The highest BCUT2D eigenvalue weighted by molar-refractivity contribution is 5.96. The van der Waals surface area contributed by atoms with Gasteiger partial charge in [0.05, 0.1) is 17.3 Å². The molecule has 0 bridgehead atoms. The van der Waals surface area contributed by atoms with Gasteiger partial charge in [0.2, 0.25) is 0 Å². The molecule has 3 heterocycles. The van der Waals surface area contributed by atoms with Crippen molar-refractivity contribution in [2.45, 2.75) is 19.9 Å². The quantitative estimate of drug-likeness (QED) is 0.855. The maximum Gasteiger partial charge on any atom is 0.257 e. The number of aryl methyl sites for hydroxylation is 2. The Morgan fingerprint density at radius 1 is 1.44 bits per heavy atom. The lowest BCUT2D eigenvalue weighted by Crippen LogP contribution is -2.51. The molecule has 3 rings (SSSR count). The summed E-state index contributed by atoms with van der Waals surface area (Å²) in [5, 5.41) is 11.1. The first-order valence-electron chi connectivity index (χ1n) is 5.97. The first kappa shape index (κ1) is 11.0. The fraction of sp³-hybridized carbons (Fsp3) is 0.417. The molecule has 2 aromatic heterocycles. The lowest BCUT2D eigenvalue weighted by Gasteiger charge is -2.39. The van der Waals surface area contributed by atoms with E-state index in [4.69, 9.17) is 0 Å². The average Bonchev–Trinajstić information content (AvgIpc) is 2.87. The molecular formula is C12H15N5O. The van der Waals surface area contributed by atoms with Crippen LogP contribution in [0.2, 0.25) is 0 Å². The molecule has 18 heavy (non-hydrogen) atoms. The van der Waals surface area contributed by atoms with E-state index in [1.165, 1.54) is 0 Å². The van der Waals surface area contributed by atoms with Gasteiger partial charge in [-0.25, -0.2) is 0 Å². The maximum absolute atomic E-state index is 12.3. The third-order valence-corrected chi connectivity index (χ3v) is 3.39. The van der Waals surface area contributed by atoms with Gasteiger partial charge >= 0.3 is 0 Å². The Bertz CT molecular complexity index is 546. The van der Waals surface area contributed by atoms with Gasteiger partial charge in [0, 0.05) is 31.2 Å². The highest BCUT2D eigenvalue weighted by atomic mass is 16.2. The Morgan fingerprint density at radius 2 is 2.22 bits per heavy atom. The summed E-state index contributed by atoms with van der Waals surface area (Å²) in [6.07, 6.45) is 3.69. The number of H-pyrrole nitrogens is 1. The van der Waals surface area contributed by atoms with E-state index in [0.29, 0.717) is 24.7 Å². The van der Waals surface area contributed by atoms with Gasteiger partial charge < -0.3 is 4.90 Å². The molecule has 94 valence electrons. The lowest BCUT2D eigenvalue weighted by molar-refractivity contribution is 0.0500. The van der Waals surface area contributed by atoms with E-state index in [9.17, 15) is 4.79 Å². The summed E-state index contributed by atoms with van der Waals surface area (Å²) in [4.78, 5) is 14.1. The van der Waals surface area contributed by atoms with Crippen molar-refractivity contribution in [3.05, 3.63) is 35.4 Å².